The number of thiophene rings is 1. The Morgan fingerprint density at radius 2 is 1.09 bits per heavy atom. The van der Waals surface area contributed by atoms with Gasteiger partial charge in [-0.15, -0.1) is 11.3 Å². The summed E-state index contributed by atoms with van der Waals surface area (Å²) in [7, 11) is 0. The first kappa shape index (κ1) is 31.8. The van der Waals surface area contributed by atoms with Crippen molar-refractivity contribution in [2.24, 2.45) is 0 Å². The van der Waals surface area contributed by atoms with E-state index in [1.165, 1.54) is 0 Å². The molecule has 5 aromatic carbocycles. The van der Waals surface area contributed by atoms with Crippen molar-refractivity contribution < 1.29 is 4.42 Å². The van der Waals surface area contributed by atoms with E-state index in [-0.39, 0.29) is 0 Å². The maximum atomic E-state index is 6.40. The fourth-order valence-electron chi connectivity index (χ4n) is 8.24. The number of aromatic nitrogens is 5. The molecule has 0 radical (unpaired) electrons. The Morgan fingerprint density at radius 3 is 1.93 bits per heavy atom. The van der Waals surface area contributed by atoms with E-state index in [0.29, 0.717) is 5.58 Å². The van der Waals surface area contributed by atoms with E-state index in [1.807, 2.05) is 54.9 Å². The molecule has 0 bridgehead atoms. The topological polar surface area (TPSA) is 69.6 Å². The minimum absolute atomic E-state index is 0.716. The van der Waals surface area contributed by atoms with Gasteiger partial charge in [-0.05, 0) is 102 Å². The molecule has 0 amide bonds. The summed E-state index contributed by atoms with van der Waals surface area (Å²) in [6.07, 6.45) is 3.68. The number of nitrogens with zero attached hydrogens (tertiary/aromatic N) is 5. The quantitative estimate of drug-likeness (QED) is 0.175. The lowest BCUT2D eigenvalue weighted by atomic mass is 9.99. The molecule has 0 aliphatic heterocycles. The van der Waals surface area contributed by atoms with Gasteiger partial charge in [0.1, 0.15) is 22.1 Å². The van der Waals surface area contributed by atoms with Crippen molar-refractivity contribution in [3.05, 3.63) is 176 Å². The van der Waals surface area contributed by atoms with Crippen molar-refractivity contribution in [3.8, 4) is 50.5 Å². The van der Waals surface area contributed by atoms with Gasteiger partial charge >= 0.3 is 0 Å². The Morgan fingerprint density at radius 1 is 0.439 bits per heavy atom. The Kier molecular flexibility index (Phi) is 7.00. The summed E-state index contributed by atoms with van der Waals surface area (Å²) in [5.74, 6) is 0. The molecule has 12 aromatic rings. The maximum absolute atomic E-state index is 6.40. The molecule has 266 valence electrons. The van der Waals surface area contributed by atoms with Gasteiger partial charge in [-0.1, -0.05) is 78.9 Å². The lowest BCUT2D eigenvalue weighted by Gasteiger charge is -2.09. The second-order valence-electron chi connectivity index (χ2n) is 14.3. The van der Waals surface area contributed by atoms with Crippen LogP contribution in [0.3, 0.4) is 0 Å². The molecule has 0 fully saturated rings. The Balaban J connectivity index is 0.999. The summed E-state index contributed by atoms with van der Waals surface area (Å²) in [5, 5.41) is 2.31. The van der Waals surface area contributed by atoms with Gasteiger partial charge in [0.25, 0.3) is 0 Å². The minimum atomic E-state index is 0.716. The van der Waals surface area contributed by atoms with Crippen molar-refractivity contribution in [2.45, 2.75) is 0 Å². The molecular formula is C50H29N5OS. The summed E-state index contributed by atoms with van der Waals surface area (Å²) >= 11 is 1.73. The number of benzene rings is 5. The highest BCUT2D eigenvalue weighted by atomic mass is 32.1. The first-order valence-electron chi connectivity index (χ1n) is 18.9. The first-order chi connectivity index (χ1) is 28.2. The Labute approximate surface area is 330 Å². The summed E-state index contributed by atoms with van der Waals surface area (Å²) in [5.41, 5.74) is 16.5. The molecule has 7 heteroatoms. The van der Waals surface area contributed by atoms with E-state index in [0.717, 1.165) is 109 Å². The van der Waals surface area contributed by atoms with Crippen LogP contribution in [0.15, 0.2) is 181 Å². The largest absolute Gasteiger partial charge is 0.452 e. The molecule has 0 unspecified atom stereocenters. The third-order valence-corrected chi connectivity index (χ3v) is 12.0. The summed E-state index contributed by atoms with van der Waals surface area (Å²) in [6.45, 7) is 0. The van der Waals surface area contributed by atoms with Crippen molar-refractivity contribution in [1.29, 1.82) is 0 Å². The van der Waals surface area contributed by atoms with Crippen molar-refractivity contribution in [3.63, 3.8) is 0 Å². The zero-order valence-corrected chi connectivity index (χ0v) is 31.1. The second kappa shape index (κ2) is 12.5. The average molecular weight is 748 g/mol. The van der Waals surface area contributed by atoms with Crippen LogP contribution in [0.2, 0.25) is 0 Å². The lowest BCUT2D eigenvalue weighted by molar-refractivity contribution is 0.668. The van der Waals surface area contributed by atoms with Crippen LogP contribution in [0.1, 0.15) is 0 Å². The zero-order chi connectivity index (χ0) is 37.5. The molecule has 7 heterocycles. The molecule has 0 N–H and O–H groups in total. The van der Waals surface area contributed by atoms with Gasteiger partial charge in [-0.25, -0.2) is 9.97 Å². The van der Waals surface area contributed by atoms with Crippen LogP contribution in [0.25, 0.3) is 115 Å². The van der Waals surface area contributed by atoms with E-state index >= 15 is 0 Å². The molecule has 12 rings (SSSR count). The van der Waals surface area contributed by atoms with Gasteiger partial charge in [-0.3, -0.25) is 9.97 Å². The fourth-order valence-corrected chi connectivity index (χ4v) is 9.24. The summed E-state index contributed by atoms with van der Waals surface area (Å²) in [4.78, 5) is 19.7. The molecular weight excluding hydrogens is 719 g/mol. The number of hydrogen-bond acceptors (Lipinski definition) is 6. The Bertz CT molecular complexity index is 3530. The number of pyridine rings is 4. The van der Waals surface area contributed by atoms with Crippen molar-refractivity contribution >= 4 is 75.8 Å². The number of rotatable bonds is 5. The molecule has 0 aliphatic carbocycles. The van der Waals surface area contributed by atoms with E-state index in [1.54, 1.807) is 11.3 Å². The predicted octanol–water partition coefficient (Wildman–Crippen LogP) is 13.3. The maximum Gasteiger partial charge on any atom is 0.163 e. The van der Waals surface area contributed by atoms with Gasteiger partial charge in [0, 0.05) is 45.5 Å². The monoisotopic (exact) mass is 747 g/mol. The molecule has 0 saturated carbocycles. The SMILES string of the molecule is c1ccc(-c2ccnc3c2oc2ccc(-c4ccc5c(c4)c4cc(-c6cccc(-c7ccc8sc9cccnc9c8n7)c6)ccc4n5-c4ccccc4)nc23)cc1. The van der Waals surface area contributed by atoms with Gasteiger partial charge in [-0.2, -0.15) is 0 Å². The van der Waals surface area contributed by atoms with Gasteiger partial charge < -0.3 is 8.98 Å². The molecule has 7 aromatic heterocycles. The van der Waals surface area contributed by atoms with Crippen LogP contribution in [0.5, 0.6) is 0 Å². The molecule has 0 aliphatic rings. The molecule has 6 nitrogen and oxygen atoms in total. The Hall–Kier alpha value is -7.48. The second-order valence-corrected chi connectivity index (χ2v) is 15.3. The number of hydrogen-bond donors (Lipinski definition) is 0. The van der Waals surface area contributed by atoms with Crippen molar-refractivity contribution in [1.82, 2.24) is 24.5 Å². The van der Waals surface area contributed by atoms with Gasteiger partial charge in [0.15, 0.2) is 11.2 Å². The third-order valence-electron chi connectivity index (χ3n) is 10.9. The minimum Gasteiger partial charge on any atom is -0.452 e. The van der Waals surface area contributed by atoms with Crippen LogP contribution in [-0.2, 0) is 0 Å². The van der Waals surface area contributed by atoms with E-state index in [4.69, 9.17) is 19.4 Å². The highest BCUT2D eigenvalue weighted by molar-refractivity contribution is 7.25. The number of para-hydroxylation sites is 1. The van der Waals surface area contributed by atoms with Crippen LogP contribution in [0.4, 0.5) is 0 Å². The smallest absolute Gasteiger partial charge is 0.163 e. The normalized spacial score (nSPS) is 11.9. The first-order valence-corrected chi connectivity index (χ1v) is 19.7. The molecule has 57 heavy (non-hydrogen) atoms. The van der Waals surface area contributed by atoms with E-state index < -0.39 is 0 Å². The fraction of sp³-hybridized carbons (Fsp3) is 0. The average Bonchev–Trinajstić information content (AvgIpc) is 3.95. The summed E-state index contributed by atoms with van der Waals surface area (Å²) in [6, 6.07) is 57.4. The van der Waals surface area contributed by atoms with Crippen LogP contribution < -0.4 is 0 Å². The molecule has 0 saturated heterocycles. The van der Waals surface area contributed by atoms with E-state index in [2.05, 4.69) is 131 Å². The number of fused-ring (bicyclic) bond motifs is 9. The van der Waals surface area contributed by atoms with Crippen LogP contribution in [-0.4, -0.2) is 24.5 Å². The van der Waals surface area contributed by atoms with Gasteiger partial charge in [0.2, 0.25) is 0 Å². The highest BCUT2D eigenvalue weighted by Crippen LogP contribution is 2.40. The zero-order valence-electron chi connectivity index (χ0n) is 30.3. The highest BCUT2D eigenvalue weighted by Gasteiger charge is 2.18. The van der Waals surface area contributed by atoms with Crippen LogP contribution >= 0.6 is 11.3 Å². The lowest BCUT2D eigenvalue weighted by Crippen LogP contribution is -1.93. The van der Waals surface area contributed by atoms with E-state index in [9.17, 15) is 0 Å². The molecule has 0 atom stereocenters. The standard InChI is InChI=1S/C50H29N5OS/c1-3-9-30(10-4-1)36-24-26-52-49-46-43(56-50(36)49)22-18-39(53-46)34-17-21-42-38(29-34)37-28-32(16-20-41(37)55(42)35-13-5-2-6-14-35)31-11-7-12-33(27-31)40-19-23-45-48(54-40)47-44(57-45)15-8-25-51-47/h1-29H. The van der Waals surface area contributed by atoms with Gasteiger partial charge in [0.05, 0.1) is 31.8 Å². The van der Waals surface area contributed by atoms with Crippen molar-refractivity contribution in [2.75, 3.05) is 0 Å². The predicted molar refractivity (Wildman–Crippen MR) is 234 cm³/mol. The number of furan rings is 1. The summed E-state index contributed by atoms with van der Waals surface area (Å²) < 4.78 is 11.0. The molecule has 0 spiro atoms. The van der Waals surface area contributed by atoms with Crippen LogP contribution in [0, 0.1) is 0 Å². The third kappa shape index (κ3) is 5.10.